The molecule has 0 aliphatic carbocycles. The second kappa shape index (κ2) is 5.29. The summed E-state index contributed by atoms with van der Waals surface area (Å²) in [5.41, 5.74) is 3.93. The number of halogens is 1. The van der Waals surface area contributed by atoms with Crippen LogP contribution in [-0.4, -0.2) is 12.4 Å². The summed E-state index contributed by atoms with van der Waals surface area (Å²) in [6, 6.07) is 11.8. The number of carbonyl (C=O) groups is 1. The second-order valence-corrected chi connectivity index (χ2v) is 5.43. The first-order chi connectivity index (χ1) is 9.65. The summed E-state index contributed by atoms with van der Waals surface area (Å²) in [6.45, 7) is 2.32. The van der Waals surface area contributed by atoms with Crippen molar-refractivity contribution in [3.8, 4) is 16.9 Å². The highest BCUT2D eigenvalue weighted by Crippen LogP contribution is 2.32. The van der Waals surface area contributed by atoms with Crippen molar-refractivity contribution in [3.63, 3.8) is 0 Å². The molecule has 0 atom stereocenters. The molecule has 0 saturated heterocycles. The number of carbonyl (C=O) groups excluding carboxylic acids is 1. The molecule has 0 N–H and O–H groups in total. The highest BCUT2D eigenvalue weighted by Gasteiger charge is 2.12. The van der Waals surface area contributed by atoms with Crippen LogP contribution in [0.25, 0.3) is 11.1 Å². The molecule has 0 radical (unpaired) electrons. The highest BCUT2D eigenvalue weighted by atomic mass is 35.5. The number of benzene rings is 2. The van der Waals surface area contributed by atoms with Crippen LogP contribution in [0.5, 0.6) is 5.75 Å². The Hall–Kier alpha value is -1.80. The van der Waals surface area contributed by atoms with Gasteiger partial charge in [-0.05, 0) is 60.7 Å². The van der Waals surface area contributed by atoms with E-state index in [9.17, 15) is 4.79 Å². The SMILES string of the molecule is CC(=O)c1ccc(-c2ccc3c(c2)CCCO3)cc1Cl. The fourth-order valence-corrected chi connectivity index (χ4v) is 2.83. The summed E-state index contributed by atoms with van der Waals surface area (Å²) < 4.78 is 5.62. The van der Waals surface area contributed by atoms with E-state index in [0.29, 0.717) is 10.6 Å². The minimum absolute atomic E-state index is 0.0135. The zero-order valence-corrected chi connectivity index (χ0v) is 12.0. The van der Waals surface area contributed by atoms with Gasteiger partial charge in [-0.3, -0.25) is 4.79 Å². The average Bonchev–Trinajstić information content (AvgIpc) is 2.46. The largest absolute Gasteiger partial charge is 0.493 e. The molecule has 0 bridgehead atoms. The molecule has 0 saturated carbocycles. The molecule has 0 fully saturated rings. The van der Waals surface area contributed by atoms with E-state index >= 15 is 0 Å². The highest BCUT2D eigenvalue weighted by molar-refractivity contribution is 6.34. The van der Waals surface area contributed by atoms with Crippen molar-refractivity contribution < 1.29 is 9.53 Å². The molecule has 0 aromatic heterocycles. The third kappa shape index (κ3) is 2.44. The summed E-state index contributed by atoms with van der Waals surface area (Å²) >= 11 is 6.17. The summed E-state index contributed by atoms with van der Waals surface area (Å²) in [5, 5.41) is 0.504. The van der Waals surface area contributed by atoms with Crippen LogP contribution < -0.4 is 4.74 Å². The maximum Gasteiger partial charge on any atom is 0.161 e. The van der Waals surface area contributed by atoms with Gasteiger partial charge in [0.05, 0.1) is 11.6 Å². The molecule has 2 nitrogen and oxygen atoms in total. The van der Waals surface area contributed by atoms with Crippen LogP contribution in [0.3, 0.4) is 0 Å². The van der Waals surface area contributed by atoms with Crippen LogP contribution in [0, 0.1) is 0 Å². The van der Waals surface area contributed by atoms with Gasteiger partial charge in [-0.15, -0.1) is 0 Å². The first kappa shape index (κ1) is 13.2. The number of Topliss-reactive ketones (excluding diaryl/α,β-unsaturated/α-hetero) is 1. The molecule has 0 unspecified atom stereocenters. The van der Waals surface area contributed by atoms with Gasteiger partial charge in [0.2, 0.25) is 0 Å². The van der Waals surface area contributed by atoms with Gasteiger partial charge >= 0.3 is 0 Å². The first-order valence-corrected chi connectivity index (χ1v) is 7.09. The van der Waals surface area contributed by atoms with Gasteiger partial charge in [0.15, 0.2) is 5.78 Å². The van der Waals surface area contributed by atoms with Gasteiger partial charge in [0, 0.05) is 5.56 Å². The van der Waals surface area contributed by atoms with E-state index in [1.807, 2.05) is 24.3 Å². The molecule has 102 valence electrons. The molecular weight excluding hydrogens is 272 g/mol. The molecule has 3 rings (SSSR count). The Bertz CT molecular complexity index is 677. The quantitative estimate of drug-likeness (QED) is 0.758. The molecular formula is C17H15ClO2. The summed E-state index contributed by atoms with van der Waals surface area (Å²) in [4.78, 5) is 11.4. The van der Waals surface area contributed by atoms with Crippen LogP contribution in [0.1, 0.15) is 29.3 Å². The number of aryl methyl sites for hydroxylation is 1. The molecule has 3 heteroatoms. The lowest BCUT2D eigenvalue weighted by Gasteiger charge is -2.18. The lowest BCUT2D eigenvalue weighted by Crippen LogP contribution is -2.08. The van der Waals surface area contributed by atoms with Gasteiger partial charge in [0.25, 0.3) is 0 Å². The molecule has 1 aliphatic rings. The Morgan fingerprint density at radius 3 is 2.65 bits per heavy atom. The van der Waals surface area contributed by atoms with Gasteiger partial charge in [-0.2, -0.15) is 0 Å². The molecule has 2 aromatic carbocycles. The van der Waals surface area contributed by atoms with E-state index in [-0.39, 0.29) is 5.78 Å². The van der Waals surface area contributed by atoms with Crippen LogP contribution in [0.15, 0.2) is 36.4 Å². The molecule has 20 heavy (non-hydrogen) atoms. The number of hydrogen-bond acceptors (Lipinski definition) is 2. The summed E-state index contributed by atoms with van der Waals surface area (Å²) in [7, 11) is 0. The monoisotopic (exact) mass is 286 g/mol. The smallest absolute Gasteiger partial charge is 0.161 e. The predicted molar refractivity (Wildman–Crippen MR) is 80.7 cm³/mol. The minimum atomic E-state index is -0.0135. The number of rotatable bonds is 2. The van der Waals surface area contributed by atoms with Crippen molar-refractivity contribution in [2.24, 2.45) is 0 Å². The van der Waals surface area contributed by atoms with Crippen LogP contribution in [0.2, 0.25) is 5.02 Å². The topological polar surface area (TPSA) is 26.3 Å². The predicted octanol–water partition coefficient (Wildman–Crippen LogP) is 4.53. The fraction of sp³-hybridized carbons (Fsp3) is 0.235. The van der Waals surface area contributed by atoms with Crippen LogP contribution in [-0.2, 0) is 6.42 Å². The number of ketones is 1. The van der Waals surface area contributed by atoms with E-state index < -0.39 is 0 Å². The van der Waals surface area contributed by atoms with Gasteiger partial charge < -0.3 is 4.74 Å². The zero-order chi connectivity index (χ0) is 14.1. The minimum Gasteiger partial charge on any atom is -0.493 e. The molecule has 2 aromatic rings. The molecule has 0 amide bonds. The van der Waals surface area contributed by atoms with E-state index in [1.54, 1.807) is 6.07 Å². The van der Waals surface area contributed by atoms with Gasteiger partial charge in [-0.1, -0.05) is 23.7 Å². The lowest BCUT2D eigenvalue weighted by atomic mass is 9.98. The molecule has 1 aliphatic heterocycles. The molecule has 1 heterocycles. The second-order valence-electron chi connectivity index (χ2n) is 5.03. The van der Waals surface area contributed by atoms with Crippen molar-refractivity contribution in [1.29, 1.82) is 0 Å². The van der Waals surface area contributed by atoms with E-state index in [0.717, 1.165) is 36.3 Å². The van der Waals surface area contributed by atoms with E-state index in [1.165, 1.54) is 12.5 Å². The zero-order valence-electron chi connectivity index (χ0n) is 11.3. The Morgan fingerprint density at radius 1 is 1.15 bits per heavy atom. The Balaban J connectivity index is 2.01. The Kier molecular flexibility index (Phi) is 3.49. The third-order valence-corrected chi connectivity index (χ3v) is 3.90. The normalized spacial score (nSPS) is 13.5. The molecule has 0 spiro atoms. The van der Waals surface area contributed by atoms with Crippen molar-refractivity contribution in [2.75, 3.05) is 6.61 Å². The maximum absolute atomic E-state index is 11.4. The number of hydrogen-bond donors (Lipinski definition) is 0. The Labute approximate surface area is 123 Å². The van der Waals surface area contributed by atoms with Crippen molar-refractivity contribution in [2.45, 2.75) is 19.8 Å². The average molecular weight is 287 g/mol. The van der Waals surface area contributed by atoms with E-state index in [4.69, 9.17) is 16.3 Å². The van der Waals surface area contributed by atoms with Crippen LogP contribution >= 0.6 is 11.6 Å². The summed E-state index contributed by atoms with van der Waals surface area (Å²) in [6.07, 6.45) is 2.10. The standard InChI is InChI=1S/C17H15ClO2/c1-11(19)15-6-4-13(10-16(15)18)12-5-7-17-14(9-12)3-2-8-20-17/h4-7,9-10H,2-3,8H2,1H3. The van der Waals surface area contributed by atoms with Crippen molar-refractivity contribution in [3.05, 3.63) is 52.5 Å². The number of ether oxygens (including phenoxy) is 1. The number of fused-ring (bicyclic) bond motifs is 1. The summed E-state index contributed by atoms with van der Waals surface area (Å²) in [5.74, 6) is 0.965. The van der Waals surface area contributed by atoms with Crippen LogP contribution in [0.4, 0.5) is 0 Å². The van der Waals surface area contributed by atoms with Gasteiger partial charge in [0.1, 0.15) is 5.75 Å². The van der Waals surface area contributed by atoms with Crippen molar-refractivity contribution >= 4 is 17.4 Å². The van der Waals surface area contributed by atoms with Crippen molar-refractivity contribution in [1.82, 2.24) is 0 Å². The maximum atomic E-state index is 11.4. The first-order valence-electron chi connectivity index (χ1n) is 6.72. The fourth-order valence-electron chi connectivity index (χ4n) is 2.52. The lowest BCUT2D eigenvalue weighted by molar-refractivity contribution is 0.101. The van der Waals surface area contributed by atoms with E-state index in [2.05, 4.69) is 6.07 Å². The third-order valence-electron chi connectivity index (χ3n) is 3.59. The van der Waals surface area contributed by atoms with Gasteiger partial charge in [-0.25, -0.2) is 0 Å². The Morgan fingerprint density at radius 2 is 1.90 bits per heavy atom.